The van der Waals surface area contributed by atoms with E-state index < -0.39 is 0 Å². The second-order valence-corrected chi connectivity index (χ2v) is 7.00. The lowest BCUT2D eigenvalue weighted by Crippen LogP contribution is -2.45. The molecule has 3 heteroatoms. The van der Waals surface area contributed by atoms with Crippen LogP contribution < -0.4 is 5.32 Å². The summed E-state index contributed by atoms with van der Waals surface area (Å²) in [6.07, 6.45) is 1.02. The molecular weight excluding hydrogens is 288 g/mol. The number of isothiocyanates is 1. The Kier molecular flexibility index (Phi) is 3.64. The van der Waals surface area contributed by atoms with Crippen LogP contribution >= 0.6 is 12.2 Å². The van der Waals surface area contributed by atoms with Crippen LogP contribution in [0.5, 0.6) is 0 Å². The highest BCUT2D eigenvalue weighted by molar-refractivity contribution is 7.78. The standard InChI is InChI=1S/C19H20N2S/c1-18(2)12-19(3,14-7-5-4-6-8-14)16-11-15(20-13-22)9-10-17(16)21-18/h4-11,21H,12H2,1-3H3. The monoisotopic (exact) mass is 308 g/mol. The lowest BCUT2D eigenvalue weighted by molar-refractivity contribution is 0.378. The van der Waals surface area contributed by atoms with Crippen molar-refractivity contribution in [1.82, 2.24) is 0 Å². The largest absolute Gasteiger partial charge is 0.380 e. The number of hydrogen-bond acceptors (Lipinski definition) is 3. The van der Waals surface area contributed by atoms with Gasteiger partial charge in [-0.05, 0) is 61.8 Å². The van der Waals surface area contributed by atoms with Crippen molar-refractivity contribution in [3.8, 4) is 0 Å². The molecule has 2 aromatic carbocycles. The summed E-state index contributed by atoms with van der Waals surface area (Å²) in [5, 5.41) is 6.10. The van der Waals surface area contributed by atoms with E-state index in [0.717, 1.165) is 12.1 Å². The molecule has 1 aliphatic rings. The van der Waals surface area contributed by atoms with Crippen molar-refractivity contribution in [2.24, 2.45) is 4.99 Å². The molecule has 1 unspecified atom stereocenters. The Morgan fingerprint density at radius 2 is 1.82 bits per heavy atom. The number of anilines is 1. The molecule has 0 aliphatic carbocycles. The molecule has 0 aromatic heterocycles. The van der Waals surface area contributed by atoms with Gasteiger partial charge in [-0.15, -0.1) is 0 Å². The second kappa shape index (κ2) is 5.35. The van der Waals surface area contributed by atoms with Crippen molar-refractivity contribution in [3.63, 3.8) is 0 Å². The van der Waals surface area contributed by atoms with Crippen molar-refractivity contribution >= 4 is 28.8 Å². The average molecular weight is 308 g/mol. The minimum Gasteiger partial charge on any atom is -0.380 e. The zero-order valence-electron chi connectivity index (χ0n) is 13.2. The Morgan fingerprint density at radius 3 is 2.50 bits per heavy atom. The summed E-state index contributed by atoms with van der Waals surface area (Å²) in [5.74, 6) is 0. The van der Waals surface area contributed by atoms with Crippen LogP contribution in [0, 0.1) is 0 Å². The molecule has 0 spiro atoms. The highest BCUT2D eigenvalue weighted by Gasteiger charge is 2.41. The highest BCUT2D eigenvalue weighted by atomic mass is 32.1. The van der Waals surface area contributed by atoms with Crippen molar-refractivity contribution < 1.29 is 0 Å². The molecule has 0 saturated heterocycles. The van der Waals surface area contributed by atoms with Gasteiger partial charge in [0.15, 0.2) is 0 Å². The van der Waals surface area contributed by atoms with Gasteiger partial charge in [0.2, 0.25) is 0 Å². The topological polar surface area (TPSA) is 24.4 Å². The predicted molar refractivity (Wildman–Crippen MR) is 96.3 cm³/mol. The normalized spacial score (nSPS) is 22.1. The van der Waals surface area contributed by atoms with Crippen LogP contribution in [0.25, 0.3) is 0 Å². The lowest BCUT2D eigenvalue weighted by Gasteiger charge is -2.46. The fourth-order valence-electron chi connectivity index (χ4n) is 3.67. The third-order valence-corrected chi connectivity index (χ3v) is 4.54. The summed E-state index contributed by atoms with van der Waals surface area (Å²) < 4.78 is 0. The van der Waals surface area contributed by atoms with E-state index in [2.05, 4.69) is 78.7 Å². The number of nitrogens with zero attached hydrogens (tertiary/aromatic N) is 1. The van der Waals surface area contributed by atoms with Crippen LogP contribution in [-0.4, -0.2) is 10.7 Å². The molecular formula is C19H20N2S. The molecule has 2 nitrogen and oxygen atoms in total. The summed E-state index contributed by atoms with van der Waals surface area (Å²) in [6, 6.07) is 16.9. The number of fused-ring (bicyclic) bond motifs is 1. The van der Waals surface area contributed by atoms with Crippen LogP contribution in [0.3, 0.4) is 0 Å². The van der Waals surface area contributed by atoms with Gasteiger partial charge in [0.25, 0.3) is 0 Å². The number of rotatable bonds is 2. The van der Waals surface area contributed by atoms with E-state index in [-0.39, 0.29) is 11.0 Å². The summed E-state index contributed by atoms with van der Waals surface area (Å²) in [4.78, 5) is 4.15. The second-order valence-electron chi connectivity index (χ2n) is 6.82. The van der Waals surface area contributed by atoms with E-state index in [1.807, 2.05) is 6.07 Å². The molecule has 1 N–H and O–H groups in total. The third-order valence-electron chi connectivity index (χ3n) is 4.45. The van der Waals surface area contributed by atoms with E-state index in [0.29, 0.717) is 0 Å². The molecule has 1 atom stereocenters. The Hall–Kier alpha value is -1.96. The summed E-state index contributed by atoms with van der Waals surface area (Å²) in [7, 11) is 0. The predicted octanol–water partition coefficient (Wildman–Crippen LogP) is 5.32. The fraction of sp³-hybridized carbons (Fsp3) is 0.316. The fourth-order valence-corrected chi connectivity index (χ4v) is 3.78. The van der Waals surface area contributed by atoms with E-state index in [1.165, 1.54) is 16.8 Å². The van der Waals surface area contributed by atoms with Crippen LogP contribution in [0.4, 0.5) is 11.4 Å². The maximum atomic E-state index is 4.74. The van der Waals surface area contributed by atoms with Crippen LogP contribution in [0.15, 0.2) is 53.5 Å². The number of benzene rings is 2. The van der Waals surface area contributed by atoms with Gasteiger partial charge in [-0.25, -0.2) is 0 Å². The first kappa shape index (κ1) is 15.0. The van der Waals surface area contributed by atoms with Gasteiger partial charge in [-0.1, -0.05) is 37.3 Å². The lowest BCUT2D eigenvalue weighted by atomic mass is 9.66. The molecule has 0 bridgehead atoms. The number of thiocarbonyl (C=S) groups is 1. The zero-order chi connectivity index (χ0) is 15.8. The summed E-state index contributed by atoms with van der Waals surface area (Å²) >= 11 is 4.74. The summed E-state index contributed by atoms with van der Waals surface area (Å²) in [5.41, 5.74) is 4.60. The Morgan fingerprint density at radius 1 is 1.09 bits per heavy atom. The van der Waals surface area contributed by atoms with Gasteiger partial charge in [0.1, 0.15) is 0 Å². The first-order chi connectivity index (χ1) is 10.4. The number of hydrogen-bond donors (Lipinski definition) is 1. The zero-order valence-corrected chi connectivity index (χ0v) is 14.0. The van der Waals surface area contributed by atoms with E-state index in [1.54, 1.807) is 0 Å². The van der Waals surface area contributed by atoms with Gasteiger partial charge in [-0.2, -0.15) is 4.99 Å². The molecule has 3 rings (SSSR count). The average Bonchev–Trinajstić information content (AvgIpc) is 2.48. The van der Waals surface area contributed by atoms with Gasteiger partial charge < -0.3 is 5.32 Å². The molecule has 1 aliphatic heterocycles. The van der Waals surface area contributed by atoms with Crippen molar-refractivity contribution in [1.29, 1.82) is 0 Å². The van der Waals surface area contributed by atoms with E-state index >= 15 is 0 Å². The third kappa shape index (κ3) is 2.58. The Labute approximate surface area is 137 Å². The smallest absolute Gasteiger partial charge is 0.0744 e. The van der Waals surface area contributed by atoms with Crippen molar-refractivity contribution in [2.45, 2.75) is 38.1 Å². The first-order valence-corrected chi connectivity index (χ1v) is 7.92. The molecule has 2 aromatic rings. The minimum atomic E-state index is -0.0572. The SMILES string of the molecule is CC1(C)CC(C)(c2ccccc2)c2cc(N=C=S)ccc2N1. The van der Waals surface area contributed by atoms with Gasteiger partial charge in [-0.3, -0.25) is 0 Å². The van der Waals surface area contributed by atoms with Crippen molar-refractivity contribution in [3.05, 3.63) is 59.7 Å². The van der Waals surface area contributed by atoms with Gasteiger partial charge >= 0.3 is 0 Å². The maximum Gasteiger partial charge on any atom is 0.0744 e. The molecule has 0 amide bonds. The van der Waals surface area contributed by atoms with Gasteiger partial charge in [0, 0.05) is 16.6 Å². The first-order valence-electron chi connectivity index (χ1n) is 7.51. The molecule has 0 saturated carbocycles. The Balaban J connectivity index is 2.23. The Bertz CT molecular complexity index is 745. The van der Waals surface area contributed by atoms with Crippen LogP contribution in [0.1, 0.15) is 38.3 Å². The van der Waals surface area contributed by atoms with E-state index in [9.17, 15) is 0 Å². The van der Waals surface area contributed by atoms with Crippen LogP contribution in [0.2, 0.25) is 0 Å². The number of nitrogens with one attached hydrogen (secondary N) is 1. The molecule has 112 valence electrons. The van der Waals surface area contributed by atoms with Crippen LogP contribution in [-0.2, 0) is 5.41 Å². The van der Waals surface area contributed by atoms with Gasteiger partial charge in [0.05, 0.1) is 10.8 Å². The molecule has 0 radical (unpaired) electrons. The molecule has 22 heavy (non-hydrogen) atoms. The number of aliphatic imine (C=N–C) groups is 1. The maximum absolute atomic E-state index is 4.74. The van der Waals surface area contributed by atoms with E-state index in [4.69, 9.17) is 12.2 Å². The minimum absolute atomic E-state index is 0.0342. The molecule has 1 heterocycles. The summed E-state index contributed by atoms with van der Waals surface area (Å²) in [6.45, 7) is 6.81. The highest BCUT2D eigenvalue weighted by Crippen LogP contribution is 2.48. The van der Waals surface area contributed by atoms with Crippen molar-refractivity contribution in [2.75, 3.05) is 5.32 Å². The quantitative estimate of drug-likeness (QED) is 0.599. The molecule has 0 fully saturated rings.